The molecule has 0 spiro atoms. The van der Waals surface area contributed by atoms with Gasteiger partial charge in [0.25, 0.3) is 0 Å². The van der Waals surface area contributed by atoms with Gasteiger partial charge in [-0.25, -0.2) is 9.07 Å². The molecule has 1 N–H and O–H groups in total. The molecule has 1 aliphatic rings. The standard InChI is InChI=1S/C31H32FN5O3S/c1-35(2)18-17-33-26(38)19-36-27(39)20-41-30(24-11-7-8-12-25(24)32)28-29(21-9-5-4-6-10-21)34-37(31(28)36)22-13-15-23(40-3)16-14-22/h4-16,30H,17-20H2,1-3H3,(H,33,38). The molecule has 1 aromatic heterocycles. The third-order valence-corrected chi connectivity index (χ3v) is 8.06. The minimum Gasteiger partial charge on any atom is -0.497 e. The first kappa shape index (κ1) is 28.4. The highest BCUT2D eigenvalue weighted by atomic mass is 32.2. The van der Waals surface area contributed by atoms with Gasteiger partial charge in [0.15, 0.2) is 0 Å². The van der Waals surface area contributed by atoms with Gasteiger partial charge >= 0.3 is 0 Å². The van der Waals surface area contributed by atoms with Crippen molar-refractivity contribution in [2.45, 2.75) is 5.25 Å². The number of halogens is 1. The fourth-order valence-corrected chi connectivity index (χ4v) is 6.00. The number of methoxy groups -OCH3 is 1. The van der Waals surface area contributed by atoms with Crippen LogP contribution >= 0.6 is 11.8 Å². The molecule has 1 atom stereocenters. The Morgan fingerprint density at radius 2 is 1.78 bits per heavy atom. The summed E-state index contributed by atoms with van der Waals surface area (Å²) in [5, 5.41) is 7.39. The van der Waals surface area contributed by atoms with Crippen LogP contribution in [0, 0.1) is 5.82 Å². The van der Waals surface area contributed by atoms with Gasteiger partial charge in [-0.05, 0) is 44.4 Å². The Bertz CT molecular complexity index is 1520. The molecule has 3 aromatic carbocycles. The second-order valence-corrected chi connectivity index (χ2v) is 11.0. The van der Waals surface area contributed by atoms with Crippen molar-refractivity contribution in [3.05, 3.63) is 95.8 Å². The van der Waals surface area contributed by atoms with Crippen molar-refractivity contribution in [3.63, 3.8) is 0 Å². The van der Waals surface area contributed by atoms with Gasteiger partial charge in [0, 0.05) is 29.8 Å². The first-order valence-electron chi connectivity index (χ1n) is 13.3. The zero-order valence-electron chi connectivity index (χ0n) is 23.2. The zero-order chi connectivity index (χ0) is 28.9. The molecule has 0 aliphatic carbocycles. The minimum atomic E-state index is -0.542. The fourth-order valence-electron chi connectivity index (χ4n) is 4.78. The van der Waals surface area contributed by atoms with Crippen LogP contribution in [0.15, 0.2) is 78.9 Å². The van der Waals surface area contributed by atoms with Gasteiger partial charge in [-0.2, -0.15) is 5.10 Å². The predicted octanol–water partition coefficient (Wildman–Crippen LogP) is 4.53. The Kier molecular flexibility index (Phi) is 8.70. The normalized spacial score (nSPS) is 15.0. The van der Waals surface area contributed by atoms with E-state index in [2.05, 4.69) is 5.32 Å². The Hall–Kier alpha value is -4.15. The largest absolute Gasteiger partial charge is 0.497 e. The van der Waals surface area contributed by atoms with Crippen LogP contribution in [0.25, 0.3) is 16.9 Å². The Labute approximate surface area is 243 Å². The quantitative estimate of drug-likeness (QED) is 0.317. The molecule has 0 fully saturated rings. The van der Waals surface area contributed by atoms with Crippen LogP contribution in [-0.2, 0) is 9.59 Å². The van der Waals surface area contributed by atoms with Crippen LogP contribution in [0.4, 0.5) is 10.2 Å². The van der Waals surface area contributed by atoms with Gasteiger partial charge in [-0.15, -0.1) is 11.8 Å². The Morgan fingerprint density at radius 1 is 1.07 bits per heavy atom. The van der Waals surface area contributed by atoms with Gasteiger partial charge in [-0.1, -0.05) is 48.5 Å². The summed E-state index contributed by atoms with van der Waals surface area (Å²) in [4.78, 5) is 30.3. The lowest BCUT2D eigenvalue weighted by Gasteiger charge is -2.23. The predicted molar refractivity (Wildman–Crippen MR) is 160 cm³/mol. The second kappa shape index (κ2) is 12.6. The first-order valence-corrected chi connectivity index (χ1v) is 14.3. The van der Waals surface area contributed by atoms with Crippen LogP contribution in [0.3, 0.4) is 0 Å². The fraction of sp³-hybridized carbons (Fsp3) is 0.258. The summed E-state index contributed by atoms with van der Waals surface area (Å²) in [6, 6.07) is 23.5. The lowest BCUT2D eigenvalue weighted by Crippen LogP contribution is -2.43. The molecular weight excluding hydrogens is 541 g/mol. The molecule has 5 rings (SSSR count). The molecule has 2 amide bonds. The summed E-state index contributed by atoms with van der Waals surface area (Å²) >= 11 is 1.34. The number of thioether (sulfide) groups is 1. The number of aromatic nitrogens is 2. The zero-order valence-corrected chi connectivity index (χ0v) is 24.0. The van der Waals surface area contributed by atoms with Crippen molar-refractivity contribution in [1.29, 1.82) is 0 Å². The average molecular weight is 574 g/mol. The van der Waals surface area contributed by atoms with Gasteiger partial charge in [0.05, 0.1) is 29.5 Å². The van der Waals surface area contributed by atoms with E-state index in [4.69, 9.17) is 9.84 Å². The van der Waals surface area contributed by atoms with E-state index in [0.29, 0.717) is 47.2 Å². The van der Waals surface area contributed by atoms with Crippen molar-refractivity contribution in [3.8, 4) is 22.7 Å². The van der Waals surface area contributed by atoms with E-state index in [1.54, 1.807) is 30.0 Å². The SMILES string of the molecule is COc1ccc(-n2nc(-c3ccccc3)c3c2N(CC(=O)NCCN(C)C)C(=O)CSC3c2ccccc2F)cc1. The Morgan fingerprint density at radius 3 is 2.46 bits per heavy atom. The average Bonchev–Trinajstić information content (AvgIpc) is 3.31. The summed E-state index contributed by atoms with van der Waals surface area (Å²) < 4.78 is 22.4. The van der Waals surface area contributed by atoms with Gasteiger partial charge in [0.1, 0.15) is 23.9 Å². The monoisotopic (exact) mass is 573 g/mol. The third-order valence-electron chi connectivity index (χ3n) is 6.82. The van der Waals surface area contributed by atoms with Crippen molar-refractivity contribution >= 4 is 29.4 Å². The lowest BCUT2D eigenvalue weighted by atomic mass is 9.99. The minimum absolute atomic E-state index is 0.0650. The van der Waals surface area contributed by atoms with Crippen molar-refractivity contribution in [2.24, 2.45) is 0 Å². The van der Waals surface area contributed by atoms with E-state index in [1.807, 2.05) is 73.6 Å². The number of hydrogen-bond acceptors (Lipinski definition) is 6. The highest BCUT2D eigenvalue weighted by Crippen LogP contribution is 2.49. The van der Waals surface area contributed by atoms with Gasteiger partial charge in [-0.3, -0.25) is 14.5 Å². The molecule has 10 heteroatoms. The highest BCUT2D eigenvalue weighted by molar-refractivity contribution is 8.00. The van der Waals surface area contributed by atoms with Crippen molar-refractivity contribution < 1.29 is 18.7 Å². The number of benzene rings is 3. The number of anilines is 1. The number of carbonyl (C=O) groups is 2. The van der Waals surface area contributed by atoms with Crippen molar-refractivity contribution in [1.82, 2.24) is 20.0 Å². The number of amides is 2. The van der Waals surface area contributed by atoms with Crippen LogP contribution < -0.4 is 15.0 Å². The van der Waals surface area contributed by atoms with Crippen LogP contribution in [-0.4, -0.2) is 73.1 Å². The van der Waals surface area contributed by atoms with Crippen LogP contribution in [0.1, 0.15) is 16.4 Å². The molecule has 0 saturated heterocycles. The number of hydrogen-bond donors (Lipinski definition) is 1. The molecule has 41 heavy (non-hydrogen) atoms. The molecule has 4 aromatic rings. The molecule has 1 unspecified atom stereocenters. The molecular formula is C31H32FN5O3S. The maximum Gasteiger partial charge on any atom is 0.240 e. The number of carbonyl (C=O) groups excluding carboxylic acids is 2. The molecule has 8 nitrogen and oxygen atoms in total. The number of nitrogens with one attached hydrogen (secondary N) is 1. The Balaban J connectivity index is 1.73. The van der Waals surface area contributed by atoms with E-state index >= 15 is 4.39 Å². The number of nitrogens with zero attached hydrogens (tertiary/aromatic N) is 4. The molecule has 212 valence electrons. The number of ether oxygens (including phenoxy) is 1. The highest BCUT2D eigenvalue weighted by Gasteiger charge is 2.38. The van der Waals surface area contributed by atoms with Crippen molar-refractivity contribution in [2.75, 3.05) is 51.5 Å². The maximum absolute atomic E-state index is 15.3. The molecule has 2 heterocycles. The molecule has 0 radical (unpaired) electrons. The van der Waals surface area contributed by atoms with Gasteiger partial charge in [0.2, 0.25) is 11.8 Å². The summed E-state index contributed by atoms with van der Waals surface area (Å²) in [5.41, 5.74) is 3.24. The summed E-state index contributed by atoms with van der Waals surface area (Å²) in [6.45, 7) is 0.915. The molecule has 1 aliphatic heterocycles. The van der Waals surface area contributed by atoms with E-state index < -0.39 is 5.25 Å². The summed E-state index contributed by atoms with van der Waals surface area (Å²) in [6.07, 6.45) is 0. The topological polar surface area (TPSA) is 79.7 Å². The molecule has 0 bridgehead atoms. The maximum atomic E-state index is 15.3. The number of rotatable bonds is 9. The first-order chi connectivity index (χ1) is 19.9. The van der Waals surface area contributed by atoms with Crippen LogP contribution in [0.2, 0.25) is 0 Å². The third kappa shape index (κ3) is 6.13. The summed E-state index contributed by atoms with van der Waals surface area (Å²) in [7, 11) is 5.44. The van der Waals surface area contributed by atoms with E-state index in [0.717, 1.165) is 5.56 Å². The smallest absolute Gasteiger partial charge is 0.240 e. The summed E-state index contributed by atoms with van der Waals surface area (Å²) in [5.74, 6) is 0.268. The van der Waals surface area contributed by atoms with Gasteiger partial charge < -0.3 is 15.0 Å². The van der Waals surface area contributed by atoms with E-state index in [9.17, 15) is 9.59 Å². The number of likely N-dealkylation sites (N-methyl/N-ethyl adjacent to an activating group) is 1. The lowest BCUT2D eigenvalue weighted by molar-refractivity contribution is -0.122. The van der Waals surface area contributed by atoms with E-state index in [1.165, 1.54) is 22.7 Å². The molecule has 0 saturated carbocycles. The second-order valence-electron chi connectivity index (χ2n) is 9.91. The number of fused-ring (bicyclic) bond motifs is 1. The van der Waals surface area contributed by atoms with Crippen LogP contribution in [0.5, 0.6) is 5.75 Å². The van der Waals surface area contributed by atoms with E-state index in [-0.39, 0.29) is 29.9 Å².